The molecule has 5 nitrogen and oxygen atoms in total. The first kappa shape index (κ1) is 21.5. The molecule has 2 heterocycles. The Kier molecular flexibility index (Phi) is 6.35. The van der Waals surface area contributed by atoms with Crippen LogP contribution in [-0.2, 0) is 10.3 Å². The number of fused-ring (bicyclic) bond motifs is 2. The van der Waals surface area contributed by atoms with Crippen LogP contribution in [0.2, 0.25) is 0 Å². The third kappa shape index (κ3) is 5.23. The highest BCUT2D eigenvalue weighted by Gasteiger charge is 2.45. The molecule has 154 valence electrons. The van der Waals surface area contributed by atoms with Crippen LogP contribution in [-0.4, -0.2) is 29.0 Å². The second-order valence-corrected chi connectivity index (χ2v) is 11.0. The summed E-state index contributed by atoms with van der Waals surface area (Å²) in [6, 6.07) is 6.23. The van der Waals surface area contributed by atoms with Crippen molar-refractivity contribution in [2.45, 2.75) is 71.1 Å². The summed E-state index contributed by atoms with van der Waals surface area (Å²) in [7, 11) is 0. The Morgan fingerprint density at radius 3 is 2.89 bits per heavy atom. The van der Waals surface area contributed by atoms with E-state index in [9.17, 15) is 4.79 Å². The molecule has 0 radical (unpaired) electrons. The molecule has 3 rings (SSSR count). The highest BCUT2D eigenvalue weighted by atomic mass is 79.9. The topological polar surface area (TPSA) is 76.7 Å². The summed E-state index contributed by atoms with van der Waals surface area (Å²) in [4.78, 5) is 17.0. The third-order valence-corrected chi connectivity index (χ3v) is 6.61. The van der Waals surface area contributed by atoms with E-state index in [1.54, 1.807) is 11.8 Å². The van der Waals surface area contributed by atoms with Crippen LogP contribution >= 0.6 is 27.7 Å². The molecule has 2 aliphatic heterocycles. The lowest BCUT2D eigenvalue weighted by atomic mass is 9.82. The number of amides is 1. The molecule has 2 aliphatic rings. The van der Waals surface area contributed by atoms with E-state index in [1.807, 2.05) is 12.1 Å². The van der Waals surface area contributed by atoms with Gasteiger partial charge < -0.3 is 15.8 Å². The quantitative estimate of drug-likeness (QED) is 0.664. The molecular weight excluding hydrogens is 438 g/mol. The number of amidine groups is 1. The largest absolute Gasteiger partial charge is 0.490 e. The van der Waals surface area contributed by atoms with Gasteiger partial charge in [-0.25, -0.2) is 0 Å². The van der Waals surface area contributed by atoms with Crippen molar-refractivity contribution in [2.75, 3.05) is 5.75 Å². The number of hydrogen-bond acceptors (Lipinski definition) is 5. The summed E-state index contributed by atoms with van der Waals surface area (Å²) in [5.41, 5.74) is 6.82. The Morgan fingerprint density at radius 2 is 2.25 bits per heavy atom. The standard InChI is InChI=1S/C21H30BrN3O2S/c1-13(24-18(26)11-20(2,3)4)5-7-15-10-21(12-28-19(23)25-21)16-9-14(22)6-8-17(16)27-15/h6,8-9,13,15H,5,7,10-12H2,1-4H3,(H2,23,25)(H,24,26)/t13-,15-,21?/m0/s1. The minimum atomic E-state index is -0.310. The summed E-state index contributed by atoms with van der Waals surface area (Å²) in [5.74, 6) is 1.85. The Hall–Kier alpha value is -1.21. The molecule has 7 heteroatoms. The lowest BCUT2D eigenvalue weighted by Gasteiger charge is -2.38. The van der Waals surface area contributed by atoms with E-state index < -0.39 is 0 Å². The Labute approximate surface area is 180 Å². The molecule has 1 aromatic rings. The minimum absolute atomic E-state index is 0.00127. The Morgan fingerprint density at radius 1 is 1.50 bits per heavy atom. The molecule has 1 unspecified atom stereocenters. The highest BCUT2D eigenvalue weighted by molar-refractivity contribution is 9.10. The van der Waals surface area contributed by atoms with Gasteiger partial charge in [-0.1, -0.05) is 48.5 Å². The number of ether oxygens (including phenoxy) is 1. The number of hydrogen-bond donors (Lipinski definition) is 2. The van der Waals surface area contributed by atoms with Gasteiger partial charge in [0.25, 0.3) is 0 Å². The van der Waals surface area contributed by atoms with Crippen LogP contribution in [0.5, 0.6) is 5.75 Å². The zero-order valence-electron chi connectivity index (χ0n) is 17.0. The molecule has 0 aromatic heterocycles. The van der Waals surface area contributed by atoms with E-state index in [0.29, 0.717) is 11.6 Å². The molecule has 0 saturated heterocycles. The van der Waals surface area contributed by atoms with Crippen LogP contribution in [0.15, 0.2) is 27.7 Å². The number of carbonyl (C=O) groups is 1. The average Bonchev–Trinajstić information content (AvgIpc) is 2.93. The number of rotatable bonds is 5. The van der Waals surface area contributed by atoms with Gasteiger partial charge in [0.2, 0.25) is 5.91 Å². The number of nitrogens with two attached hydrogens (primary N) is 1. The Bertz CT molecular complexity index is 777. The second-order valence-electron chi connectivity index (χ2n) is 9.14. The Balaban J connectivity index is 1.65. The molecular formula is C21H30BrN3O2S. The number of nitrogens with one attached hydrogen (secondary N) is 1. The molecule has 0 bridgehead atoms. The van der Waals surface area contributed by atoms with Crippen LogP contribution < -0.4 is 15.8 Å². The van der Waals surface area contributed by atoms with Crippen molar-refractivity contribution in [3.63, 3.8) is 0 Å². The van der Waals surface area contributed by atoms with Crippen LogP contribution in [0.25, 0.3) is 0 Å². The predicted molar refractivity (Wildman–Crippen MR) is 120 cm³/mol. The van der Waals surface area contributed by atoms with Gasteiger partial charge in [0.1, 0.15) is 17.4 Å². The van der Waals surface area contributed by atoms with E-state index in [2.05, 4.69) is 55.0 Å². The number of nitrogens with zero attached hydrogens (tertiary/aromatic N) is 1. The second kappa shape index (κ2) is 8.27. The normalized spacial score (nSPS) is 25.0. The van der Waals surface area contributed by atoms with Crippen molar-refractivity contribution in [1.82, 2.24) is 5.32 Å². The maximum absolute atomic E-state index is 12.2. The monoisotopic (exact) mass is 467 g/mol. The summed E-state index contributed by atoms with van der Waals surface area (Å²) in [5, 5.41) is 3.77. The highest BCUT2D eigenvalue weighted by Crippen LogP contribution is 2.48. The molecule has 3 N–H and O–H groups in total. The van der Waals surface area contributed by atoms with E-state index >= 15 is 0 Å². The number of carbonyl (C=O) groups excluding carboxylic acids is 1. The molecule has 0 aliphatic carbocycles. The molecule has 28 heavy (non-hydrogen) atoms. The lowest BCUT2D eigenvalue weighted by Crippen LogP contribution is -2.39. The predicted octanol–water partition coefficient (Wildman–Crippen LogP) is 4.58. The molecule has 3 atom stereocenters. The molecule has 1 aromatic carbocycles. The van der Waals surface area contributed by atoms with Gasteiger partial charge in [0, 0.05) is 34.7 Å². The fourth-order valence-electron chi connectivity index (χ4n) is 3.86. The van der Waals surface area contributed by atoms with Crippen molar-refractivity contribution in [1.29, 1.82) is 0 Å². The number of aliphatic imine (C=N–C) groups is 1. The summed E-state index contributed by atoms with van der Waals surface area (Å²) in [6.45, 7) is 8.29. The SMILES string of the molecule is C[C@@H](CC[C@H]1CC2(CSC(N)=N2)c2cc(Br)ccc2O1)NC(=O)CC(C)(C)C. The fourth-order valence-corrected chi connectivity index (χ4v) is 5.19. The first-order valence-corrected chi connectivity index (χ1v) is 11.6. The van der Waals surface area contributed by atoms with Crippen LogP contribution in [0.4, 0.5) is 0 Å². The van der Waals surface area contributed by atoms with Gasteiger partial charge in [-0.3, -0.25) is 9.79 Å². The van der Waals surface area contributed by atoms with Gasteiger partial charge in [-0.15, -0.1) is 0 Å². The van der Waals surface area contributed by atoms with Crippen molar-refractivity contribution in [3.8, 4) is 5.75 Å². The zero-order chi connectivity index (χ0) is 20.5. The summed E-state index contributed by atoms with van der Waals surface area (Å²) < 4.78 is 7.31. The van der Waals surface area contributed by atoms with Crippen molar-refractivity contribution >= 4 is 38.8 Å². The minimum Gasteiger partial charge on any atom is -0.490 e. The van der Waals surface area contributed by atoms with Crippen molar-refractivity contribution in [3.05, 3.63) is 28.2 Å². The van der Waals surface area contributed by atoms with E-state index in [0.717, 1.165) is 40.8 Å². The van der Waals surface area contributed by atoms with Gasteiger partial charge in [0.05, 0.1) is 0 Å². The van der Waals surface area contributed by atoms with Gasteiger partial charge in [-0.05, 0) is 43.4 Å². The summed E-state index contributed by atoms with van der Waals surface area (Å²) in [6.07, 6.45) is 3.15. The van der Waals surface area contributed by atoms with Crippen LogP contribution in [0.3, 0.4) is 0 Å². The molecule has 1 spiro atoms. The fraction of sp³-hybridized carbons (Fsp3) is 0.619. The summed E-state index contributed by atoms with van der Waals surface area (Å²) >= 11 is 5.17. The number of halogens is 1. The van der Waals surface area contributed by atoms with E-state index in [1.165, 1.54) is 0 Å². The molecule has 0 saturated carbocycles. The third-order valence-electron chi connectivity index (χ3n) is 5.10. The van der Waals surface area contributed by atoms with Gasteiger partial charge in [-0.2, -0.15) is 0 Å². The van der Waals surface area contributed by atoms with Crippen molar-refractivity contribution in [2.24, 2.45) is 16.1 Å². The van der Waals surface area contributed by atoms with Gasteiger partial charge >= 0.3 is 0 Å². The average molecular weight is 468 g/mol. The maximum Gasteiger partial charge on any atom is 0.220 e. The lowest BCUT2D eigenvalue weighted by molar-refractivity contribution is -0.123. The molecule has 1 amide bonds. The van der Waals surface area contributed by atoms with Crippen molar-refractivity contribution < 1.29 is 9.53 Å². The molecule has 0 fully saturated rings. The number of benzene rings is 1. The maximum atomic E-state index is 12.2. The van der Waals surface area contributed by atoms with Gasteiger partial charge in [0.15, 0.2) is 5.17 Å². The number of thioether (sulfide) groups is 1. The van der Waals surface area contributed by atoms with E-state index in [4.69, 9.17) is 15.5 Å². The van der Waals surface area contributed by atoms with Crippen LogP contribution in [0, 0.1) is 5.41 Å². The zero-order valence-corrected chi connectivity index (χ0v) is 19.5. The van der Waals surface area contributed by atoms with E-state index in [-0.39, 0.29) is 29.0 Å². The first-order valence-electron chi connectivity index (χ1n) is 9.80. The smallest absolute Gasteiger partial charge is 0.220 e. The van der Waals surface area contributed by atoms with Crippen LogP contribution in [0.1, 0.15) is 58.9 Å². The first-order chi connectivity index (χ1) is 13.1.